The Morgan fingerprint density at radius 2 is 2.13 bits per heavy atom. The second-order valence-electron chi connectivity index (χ2n) is 2.68. The average molecular weight is 252 g/mol. The summed E-state index contributed by atoms with van der Waals surface area (Å²) in [5, 5.41) is 5.08. The van der Waals surface area contributed by atoms with Crippen molar-refractivity contribution in [1.29, 1.82) is 0 Å². The van der Waals surface area contributed by atoms with Crippen molar-refractivity contribution in [2.75, 3.05) is 5.32 Å². The molecular formula is C10H8N2S3. The number of aromatic nitrogens is 1. The largest absolute Gasteiger partial charge is 0.341 e. The van der Waals surface area contributed by atoms with Gasteiger partial charge in [0.1, 0.15) is 4.32 Å². The molecule has 0 bridgehead atoms. The Kier molecular flexibility index (Phi) is 3.71. The molecule has 0 saturated carbocycles. The number of hydrogen-bond acceptors (Lipinski definition) is 4. The van der Waals surface area contributed by atoms with Crippen molar-refractivity contribution >= 4 is 45.3 Å². The highest BCUT2D eigenvalue weighted by molar-refractivity contribution is 8.24. The van der Waals surface area contributed by atoms with E-state index < -0.39 is 0 Å². The number of thiazole rings is 1. The second kappa shape index (κ2) is 5.25. The number of nitrogens with one attached hydrogen (secondary N) is 1. The Labute approximate surface area is 102 Å². The van der Waals surface area contributed by atoms with E-state index in [-0.39, 0.29) is 0 Å². The van der Waals surface area contributed by atoms with Crippen molar-refractivity contribution in [2.45, 2.75) is 4.34 Å². The molecule has 0 unspecified atom stereocenters. The monoisotopic (exact) mass is 252 g/mol. The number of anilines is 1. The molecule has 1 aromatic heterocycles. The quantitative estimate of drug-likeness (QED) is 0.651. The number of benzene rings is 1. The Morgan fingerprint density at radius 1 is 1.33 bits per heavy atom. The molecule has 0 aliphatic carbocycles. The van der Waals surface area contributed by atoms with E-state index in [4.69, 9.17) is 12.2 Å². The maximum absolute atomic E-state index is 5.20. The van der Waals surface area contributed by atoms with Crippen LogP contribution in [0.3, 0.4) is 0 Å². The van der Waals surface area contributed by atoms with E-state index in [1.165, 1.54) is 11.8 Å². The lowest BCUT2D eigenvalue weighted by atomic mass is 10.3. The van der Waals surface area contributed by atoms with Crippen LogP contribution in [0.5, 0.6) is 0 Å². The summed E-state index contributed by atoms with van der Waals surface area (Å²) in [4.78, 5) is 4.15. The second-order valence-corrected chi connectivity index (χ2v) is 5.50. The van der Waals surface area contributed by atoms with Crippen LogP contribution in [0.1, 0.15) is 0 Å². The van der Waals surface area contributed by atoms with Crippen molar-refractivity contribution in [3.8, 4) is 0 Å². The van der Waals surface area contributed by atoms with E-state index in [1.54, 1.807) is 17.5 Å². The van der Waals surface area contributed by atoms with Gasteiger partial charge in [-0.25, -0.2) is 4.98 Å². The number of thioether (sulfide) groups is 1. The van der Waals surface area contributed by atoms with Crippen LogP contribution in [0.2, 0.25) is 0 Å². The van der Waals surface area contributed by atoms with Gasteiger partial charge >= 0.3 is 0 Å². The molecule has 0 amide bonds. The van der Waals surface area contributed by atoms with Gasteiger partial charge in [-0.3, -0.25) is 0 Å². The fraction of sp³-hybridized carbons (Fsp3) is 0. The van der Waals surface area contributed by atoms with Crippen LogP contribution in [-0.2, 0) is 0 Å². The van der Waals surface area contributed by atoms with Gasteiger partial charge in [0.05, 0.1) is 0 Å². The number of para-hydroxylation sites is 1. The van der Waals surface area contributed by atoms with Crippen molar-refractivity contribution in [2.24, 2.45) is 0 Å². The number of thiocarbonyl (C=S) groups is 1. The Balaban J connectivity index is 1.94. The summed E-state index contributed by atoms with van der Waals surface area (Å²) in [5.41, 5.74) is 1.01. The topological polar surface area (TPSA) is 24.9 Å². The third kappa shape index (κ3) is 3.30. The van der Waals surface area contributed by atoms with Gasteiger partial charge in [0.25, 0.3) is 0 Å². The summed E-state index contributed by atoms with van der Waals surface area (Å²) in [6, 6.07) is 9.88. The molecule has 1 N–H and O–H groups in total. The van der Waals surface area contributed by atoms with E-state index in [0.717, 1.165) is 14.3 Å². The molecule has 1 heterocycles. The Bertz CT molecular complexity index is 425. The van der Waals surface area contributed by atoms with Crippen LogP contribution < -0.4 is 5.32 Å². The standard InChI is InChI=1S/C10H8N2S3/c13-9(15-10-11-6-7-14-10)12-8-4-2-1-3-5-8/h1-7H,(H,12,13). The molecule has 2 nitrogen and oxygen atoms in total. The molecule has 0 aliphatic rings. The number of nitrogens with zero attached hydrogens (tertiary/aromatic N) is 1. The lowest BCUT2D eigenvalue weighted by molar-refractivity contribution is 1.26. The molecular weight excluding hydrogens is 244 g/mol. The van der Waals surface area contributed by atoms with Gasteiger partial charge in [-0.2, -0.15) is 0 Å². The van der Waals surface area contributed by atoms with Crippen LogP contribution in [0, 0.1) is 0 Å². The predicted octanol–water partition coefficient (Wildman–Crippen LogP) is 3.63. The highest BCUT2D eigenvalue weighted by Gasteiger charge is 2.02. The van der Waals surface area contributed by atoms with Crippen molar-refractivity contribution in [3.05, 3.63) is 41.9 Å². The molecule has 5 heteroatoms. The molecule has 0 fully saturated rings. The highest BCUT2D eigenvalue weighted by Crippen LogP contribution is 2.22. The van der Waals surface area contributed by atoms with Gasteiger partial charge in [0.15, 0.2) is 4.34 Å². The van der Waals surface area contributed by atoms with E-state index >= 15 is 0 Å². The molecule has 0 aliphatic heterocycles. The van der Waals surface area contributed by atoms with Gasteiger partial charge in [-0.15, -0.1) is 11.3 Å². The average Bonchev–Trinajstić information content (AvgIpc) is 2.71. The normalized spacial score (nSPS) is 9.87. The predicted molar refractivity (Wildman–Crippen MR) is 70.6 cm³/mol. The van der Waals surface area contributed by atoms with Crippen LogP contribution in [0.4, 0.5) is 5.69 Å². The molecule has 15 heavy (non-hydrogen) atoms. The van der Waals surface area contributed by atoms with Gasteiger partial charge < -0.3 is 5.32 Å². The van der Waals surface area contributed by atoms with Gasteiger partial charge in [0.2, 0.25) is 0 Å². The molecule has 2 aromatic rings. The molecule has 2 rings (SSSR count). The zero-order valence-electron chi connectivity index (χ0n) is 7.71. The van der Waals surface area contributed by atoms with Crippen molar-refractivity contribution < 1.29 is 0 Å². The van der Waals surface area contributed by atoms with Crippen LogP contribution in [-0.4, -0.2) is 9.30 Å². The van der Waals surface area contributed by atoms with Crippen LogP contribution in [0.25, 0.3) is 0 Å². The van der Waals surface area contributed by atoms with E-state index in [9.17, 15) is 0 Å². The minimum absolute atomic E-state index is 0.719. The van der Waals surface area contributed by atoms with Gasteiger partial charge in [0, 0.05) is 17.3 Å². The summed E-state index contributed by atoms with van der Waals surface area (Å²) >= 11 is 8.26. The van der Waals surface area contributed by atoms with Gasteiger partial charge in [-0.05, 0) is 23.9 Å². The summed E-state index contributed by atoms with van der Waals surface area (Å²) in [7, 11) is 0. The first-order valence-corrected chi connectivity index (χ1v) is 6.38. The summed E-state index contributed by atoms with van der Waals surface area (Å²) < 4.78 is 1.68. The van der Waals surface area contributed by atoms with Crippen LogP contribution >= 0.6 is 35.3 Å². The van der Waals surface area contributed by atoms with Crippen molar-refractivity contribution in [1.82, 2.24) is 4.98 Å². The van der Waals surface area contributed by atoms with Crippen molar-refractivity contribution in [3.63, 3.8) is 0 Å². The molecule has 0 radical (unpaired) electrons. The van der Waals surface area contributed by atoms with E-state index in [2.05, 4.69) is 10.3 Å². The minimum Gasteiger partial charge on any atom is -0.341 e. The number of hydrogen-bond donors (Lipinski definition) is 1. The first-order chi connectivity index (χ1) is 7.34. The fourth-order valence-electron chi connectivity index (χ4n) is 1.00. The number of rotatable bonds is 2. The minimum atomic E-state index is 0.719. The molecule has 0 spiro atoms. The Hall–Kier alpha value is -0.910. The maximum atomic E-state index is 5.20. The lowest BCUT2D eigenvalue weighted by Crippen LogP contribution is -2.03. The zero-order chi connectivity index (χ0) is 10.5. The van der Waals surface area contributed by atoms with E-state index in [0.29, 0.717) is 0 Å². The lowest BCUT2D eigenvalue weighted by Gasteiger charge is -2.04. The van der Waals surface area contributed by atoms with E-state index in [1.807, 2.05) is 35.7 Å². The summed E-state index contributed by atoms with van der Waals surface area (Å²) in [6.45, 7) is 0. The Morgan fingerprint density at radius 3 is 2.80 bits per heavy atom. The summed E-state index contributed by atoms with van der Waals surface area (Å²) in [6.07, 6.45) is 1.78. The fourth-order valence-corrected chi connectivity index (χ4v) is 2.93. The smallest absolute Gasteiger partial charge is 0.156 e. The third-order valence-electron chi connectivity index (χ3n) is 1.61. The third-order valence-corrected chi connectivity index (χ3v) is 3.63. The maximum Gasteiger partial charge on any atom is 0.156 e. The first-order valence-electron chi connectivity index (χ1n) is 4.28. The summed E-state index contributed by atoms with van der Waals surface area (Å²) in [5.74, 6) is 0. The SMILES string of the molecule is S=C(Nc1ccccc1)Sc1nccs1. The first kappa shape index (κ1) is 10.6. The molecule has 0 atom stereocenters. The molecule has 0 saturated heterocycles. The highest BCUT2D eigenvalue weighted by atomic mass is 32.2. The zero-order valence-corrected chi connectivity index (χ0v) is 10.2. The molecule has 1 aromatic carbocycles. The molecule has 76 valence electrons. The van der Waals surface area contributed by atoms with Crippen LogP contribution in [0.15, 0.2) is 46.2 Å². The van der Waals surface area contributed by atoms with Gasteiger partial charge in [-0.1, -0.05) is 30.4 Å².